The standard InChI is InChI=1S/C3H5NO.HO/c1-2-3(4)5;/h2H,1H2,(H2,4,5);1H. The van der Waals surface area contributed by atoms with E-state index >= 15 is 0 Å². The van der Waals surface area contributed by atoms with E-state index in [4.69, 9.17) is 0 Å². The Hall–Kier alpha value is -0.830. The molecule has 0 aliphatic rings. The molecule has 0 atom stereocenters. The van der Waals surface area contributed by atoms with Gasteiger partial charge in [0, 0.05) is 0 Å². The Morgan fingerprint density at radius 3 is 2.00 bits per heavy atom. The summed E-state index contributed by atoms with van der Waals surface area (Å²) in [6, 6.07) is 0. The highest BCUT2D eigenvalue weighted by atomic mass is 16.1. The molecule has 1 radical (unpaired) electrons. The Balaban J connectivity index is 0. The average molecular weight is 88.1 g/mol. The van der Waals surface area contributed by atoms with Crippen LogP contribution in [0.3, 0.4) is 0 Å². The predicted molar refractivity (Wildman–Crippen MR) is 21.3 cm³/mol. The second-order valence-electron chi connectivity index (χ2n) is 0.606. The lowest BCUT2D eigenvalue weighted by Crippen LogP contribution is -2.04. The maximum absolute atomic E-state index is 9.47. The van der Waals surface area contributed by atoms with Gasteiger partial charge < -0.3 is 5.73 Å². The number of nitrogens with two attached hydrogens (primary N) is 1. The molecule has 0 bridgehead atoms. The van der Waals surface area contributed by atoms with Crippen molar-refractivity contribution < 1.29 is 10.3 Å². The first-order valence-electron chi connectivity index (χ1n) is 1.19. The summed E-state index contributed by atoms with van der Waals surface area (Å²) >= 11 is 0. The van der Waals surface area contributed by atoms with Crippen LogP contribution < -0.4 is 5.73 Å². The first kappa shape index (κ1) is 8.95. The number of carbonyl (C=O) groups excluding carboxylic acids is 1. The number of primary amides is 1. The molecule has 0 aliphatic heterocycles. The van der Waals surface area contributed by atoms with Gasteiger partial charge in [0.05, 0.1) is 0 Å². The fourth-order valence-corrected chi connectivity index (χ4v) is 0. The normalized spacial score (nSPS) is 5.33. The quantitative estimate of drug-likeness (QED) is 0.416. The maximum Gasteiger partial charge on any atom is 0.240 e. The summed E-state index contributed by atoms with van der Waals surface area (Å²) < 4.78 is 0. The van der Waals surface area contributed by atoms with E-state index in [2.05, 4.69) is 12.3 Å². The van der Waals surface area contributed by atoms with Crippen molar-refractivity contribution in [1.82, 2.24) is 0 Å². The van der Waals surface area contributed by atoms with Crippen LogP contribution >= 0.6 is 0 Å². The molecule has 0 spiro atoms. The molecule has 0 aromatic heterocycles. The van der Waals surface area contributed by atoms with Crippen molar-refractivity contribution in [2.45, 2.75) is 0 Å². The monoisotopic (exact) mass is 88.0 g/mol. The molecule has 0 heterocycles. The van der Waals surface area contributed by atoms with E-state index in [1.54, 1.807) is 0 Å². The lowest BCUT2D eigenvalue weighted by atomic mass is 10.6. The first-order chi connectivity index (χ1) is 2.27. The molecule has 0 unspecified atom stereocenters. The fraction of sp³-hybridized carbons (Fsp3) is 0. The summed E-state index contributed by atoms with van der Waals surface area (Å²) in [5.41, 5.74) is 4.53. The van der Waals surface area contributed by atoms with Crippen molar-refractivity contribution in [3.05, 3.63) is 12.7 Å². The summed E-state index contributed by atoms with van der Waals surface area (Å²) in [6.45, 7) is 3.09. The largest absolute Gasteiger partial charge is 0.366 e. The highest BCUT2D eigenvalue weighted by Gasteiger charge is 1.69. The van der Waals surface area contributed by atoms with Crippen molar-refractivity contribution in [3.8, 4) is 0 Å². The minimum Gasteiger partial charge on any atom is -0.366 e. The van der Waals surface area contributed by atoms with E-state index < -0.39 is 5.91 Å². The molecule has 3 N–H and O–H groups in total. The zero-order valence-electron chi connectivity index (χ0n) is 3.22. The number of hydrogen-bond acceptors (Lipinski definition) is 1. The molecule has 35 valence electrons. The van der Waals surface area contributed by atoms with Gasteiger partial charge in [0.1, 0.15) is 0 Å². The molecule has 0 fully saturated rings. The zero-order chi connectivity index (χ0) is 4.28. The van der Waals surface area contributed by atoms with Gasteiger partial charge in [-0.2, -0.15) is 0 Å². The van der Waals surface area contributed by atoms with Crippen molar-refractivity contribution in [2.75, 3.05) is 0 Å². The van der Waals surface area contributed by atoms with Gasteiger partial charge in [0.25, 0.3) is 0 Å². The van der Waals surface area contributed by atoms with Crippen LogP contribution in [0, 0.1) is 0 Å². The van der Waals surface area contributed by atoms with Crippen LogP contribution in [-0.4, -0.2) is 11.4 Å². The molecule has 0 rings (SSSR count). The molecule has 0 saturated heterocycles. The van der Waals surface area contributed by atoms with Gasteiger partial charge in [-0.3, -0.25) is 10.3 Å². The number of amides is 1. The van der Waals surface area contributed by atoms with Crippen molar-refractivity contribution in [2.24, 2.45) is 5.73 Å². The van der Waals surface area contributed by atoms with Crippen molar-refractivity contribution in [3.63, 3.8) is 0 Å². The van der Waals surface area contributed by atoms with E-state index in [1.165, 1.54) is 0 Å². The zero-order valence-corrected chi connectivity index (χ0v) is 3.22. The molecular weight excluding hydrogens is 82.0 g/mol. The number of carbonyl (C=O) groups is 1. The lowest BCUT2D eigenvalue weighted by Gasteiger charge is -1.65. The summed E-state index contributed by atoms with van der Waals surface area (Å²) in [6.07, 6.45) is 1.06. The Morgan fingerprint density at radius 1 is 1.83 bits per heavy atom. The van der Waals surface area contributed by atoms with Gasteiger partial charge in [-0.15, -0.1) is 0 Å². The first-order valence-corrected chi connectivity index (χ1v) is 1.19. The Labute approximate surface area is 35.8 Å². The van der Waals surface area contributed by atoms with E-state index in [1.807, 2.05) is 0 Å². The summed E-state index contributed by atoms with van der Waals surface area (Å²) in [4.78, 5) is 9.47. The molecule has 0 aromatic rings. The highest BCUT2D eigenvalue weighted by Crippen LogP contribution is 1.48. The van der Waals surface area contributed by atoms with Gasteiger partial charge in [0.15, 0.2) is 0 Å². The van der Waals surface area contributed by atoms with E-state index in [0.29, 0.717) is 0 Å². The van der Waals surface area contributed by atoms with Crippen LogP contribution in [0.15, 0.2) is 12.7 Å². The molecule has 3 heteroatoms. The molecule has 3 nitrogen and oxygen atoms in total. The third kappa shape index (κ3) is 10.9. The molecule has 6 heavy (non-hydrogen) atoms. The summed E-state index contributed by atoms with van der Waals surface area (Å²) in [7, 11) is 0. The number of hydrogen-bond donors (Lipinski definition) is 2. The number of rotatable bonds is 1. The molecule has 0 aliphatic carbocycles. The molecule has 0 aromatic carbocycles. The summed E-state index contributed by atoms with van der Waals surface area (Å²) in [5, 5.41) is 0. The Kier molecular flexibility index (Phi) is 6.22. The van der Waals surface area contributed by atoms with Crippen LogP contribution in [0.2, 0.25) is 0 Å². The van der Waals surface area contributed by atoms with Crippen molar-refractivity contribution >= 4 is 5.91 Å². The Morgan fingerprint density at radius 2 is 2.00 bits per heavy atom. The molecule has 1 amide bonds. The maximum atomic E-state index is 9.47. The minimum absolute atomic E-state index is 0. The van der Waals surface area contributed by atoms with Gasteiger partial charge in [-0.25, -0.2) is 0 Å². The molecular formula is C3H6NO2. The average Bonchev–Trinajstić information content (AvgIpc) is 1.38. The minimum atomic E-state index is -0.481. The van der Waals surface area contributed by atoms with E-state index in [-0.39, 0.29) is 5.48 Å². The van der Waals surface area contributed by atoms with Crippen LogP contribution in [0.1, 0.15) is 0 Å². The van der Waals surface area contributed by atoms with Crippen molar-refractivity contribution in [1.29, 1.82) is 0 Å². The third-order valence-electron chi connectivity index (χ3n) is 0.201. The summed E-state index contributed by atoms with van der Waals surface area (Å²) in [5.74, 6) is -0.481. The van der Waals surface area contributed by atoms with E-state index in [9.17, 15) is 4.79 Å². The second kappa shape index (κ2) is 4.17. The lowest BCUT2D eigenvalue weighted by molar-refractivity contribution is -0.113. The highest BCUT2D eigenvalue weighted by molar-refractivity contribution is 5.84. The predicted octanol–water partition coefficient (Wildman–Crippen LogP) is -0.519. The van der Waals surface area contributed by atoms with Gasteiger partial charge in [-0.1, -0.05) is 6.58 Å². The van der Waals surface area contributed by atoms with Crippen LogP contribution in [0.5, 0.6) is 0 Å². The topological polar surface area (TPSA) is 73.1 Å². The van der Waals surface area contributed by atoms with Gasteiger partial charge >= 0.3 is 0 Å². The second-order valence-corrected chi connectivity index (χ2v) is 0.606. The van der Waals surface area contributed by atoms with Crippen LogP contribution in [0.25, 0.3) is 0 Å². The van der Waals surface area contributed by atoms with Crippen LogP contribution in [-0.2, 0) is 4.79 Å². The fourth-order valence-electron chi connectivity index (χ4n) is 0. The van der Waals surface area contributed by atoms with E-state index in [0.717, 1.165) is 6.08 Å². The smallest absolute Gasteiger partial charge is 0.240 e. The van der Waals surface area contributed by atoms with Gasteiger partial charge in [0.2, 0.25) is 5.91 Å². The third-order valence-corrected chi connectivity index (χ3v) is 0.201. The van der Waals surface area contributed by atoms with Gasteiger partial charge in [-0.05, 0) is 6.08 Å². The SMILES string of the molecule is C=CC(N)=O.[OH]. The van der Waals surface area contributed by atoms with Crippen LogP contribution in [0.4, 0.5) is 0 Å². The molecule has 0 saturated carbocycles. The Bertz CT molecular complexity index is 59.8.